The number of hydrogen-bond donors (Lipinski definition) is 5. The van der Waals surface area contributed by atoms with Crippen LogP contribution in [0.5, 0.6) is 5.75 Å². The van der Waals surface area contributed by atoms with E-state index in [0.717, 1.165) is 31.2 Å². The Morgan fingerprint density at radius 2 is 1.88 bits per heavy atom. The van der Waals surface area contributed by atoms with E-state index in [4.69, 9.17) is 9.47 Å². The van der Waals surface area contributed by atoms with E-state index < -0.39 is 48.2 Å². The molecular weight excluding hydrogens is 432 g/mol. The van der Waals surface area contributed by atoms with Gasteiger partial charge in [0.15, 0.2) is 11.9 Å². The average molecular weight is 462 g/mol. The maximum absolute atomic E-state index is 12.6. The van der Waals surface area contributed by atoms with Crippen LogP contribution in [-0.2, 0) is 20.7 Å². The number of hydrogen-bond acceptors (Lipinski definition) is 8. The molecule has 0 radical (unpaired) electrons. The summed E-state index contributed by atoms with van der Waals surface area (Å²) in [5.41, 5.74) is 1.84. The van der Waals surface area contributed by atoms with Crippen molar-refractivity contribution in [1.29, 1.82) is 0 Å². The Labute approximate surface area is 190 Å². The summed E-state index contributed by atoms with van der Waals surface area (Å²) in [6.07, 6.45) is -5.28. The van der Waals surface area contributed by atoms with Crippen LogP contribution in [0.3, 0.4) is 0 Å². The topological polar surface area (TPSA) is 154 Å². The lowest BCUT2D eigenvalue weighted by Crippen LogP contribution is -2.61. The third kappa shape index (κ3) is 3.49. The summed E-state index contributed by atoms with van der Waals surface area (Å²) in [5.74, 6) is -0.299. The van der Waals surface area contributed by atoms with Crippen LogP contribution in [0.25, 0.3) is 0 Å². The number of benzene rings is 1. The molecule has 1 unspecified atom stereocenters. The molecule has 0 spiro atoms. The SMILES string of the molecule is C[C@]12CC[C@@H]3c4ccc(OC5O[C@H](C(=O)O)[C@@H](O)[C@H](O)[C@H]5O)cc4CC[C@H]3[C@@H]1C[C@@H](O)C2=O. The highest BCUT2D eigenvalue weighted by molar-refractivity contribution is 5.91. The number of carbonyl (C=O) groups excluding carboxylic acids is 1. The van der Waals surface area contributed by atoms with Gasteiger partial charge in [-0.15, -0.1) is 0 Å². The van der Waals surface area contributed by atoms with E-state index in [1.807, 2.05) is 19.1 Å². The van der Waals surface area contributed by atoms with Gasteiger partial charge in [-0.05, 0) is 73.1 Å². The number of carboxylic acids is 1. The van der Waals surface area contributed by atoms with Crippen LogP contribution >= 0.6 is 0 Å². The van der Waals surface area contributed by atoms with Crippen LogP contribution in [-0.4, -0.2) is 74.1 Å². The van der Waals surface area contributed by atoms with E-state index >= 15 is 0 Å². The van der Waals surface area contributed by atoms with Crippen molar-refractivity contribution < 1.29 is 44.6 Å². The molecule has 1 aliphatic heterocycles. The molecule has 9 heteroatoms. The first kappa shape index (κ1) is 22.7. The van der Waals surface area contributed by atoms with Crippen LogP contribution < -0.4 is 4.74 Å². The Hall–Kier alpha value is -2.04. The Balaban J connectivity index is 1.35. The van der Waals surface area contributed by atoms with E-state index in [-0.39, 0.29) is 11.7 Å². The number of aliphatic hydroxyl groups excluding tert-OH is 4. The highest BCUT2D eigenvalue weighted by Gasteiger charge is 2.58. The lowest BCUT2D eigenvalue weighted by atomic mass is 9.55. The quantitative estimate of drug-likeness (QED) is 0.428. The zero-order chi connectivity index (χ0) is 23.7. The second-order valence-corrected chi connectivity index (χ2v) is 10.2. The third-order valence-corrected chi connectivity index (χ3v) is 8.50. The molecule has 1 aromatic rings. The molecule has 0 amide bonds. The number of aliphatic hydroxyl groups is 4. The maximum atomic E-state index is 12.6. The van der Waals surface area contributed by atoms with Gasteiger partial charge in [0, 0.05) is 5.41 Å². The summed E-state index contributed by atoms with van der Waals surface area (Å²) in [6.45, 7) is 2.00. The molecule has 2 saturated carbocycles. The molecule has 5 rings (SSSR count). The molecule has 1 saturated heterocycles. The molecule has 180 valence electrons. The first-order valence-electron chi connectivity index (χ1n) is 11.6. The molecule has 5 N–H and O–H groups in total. The number of ketones is 1. The van der Waals surface area contributed by atoms with Crippen LogP contribution in [0.1, 0.15) is 49.7 Å². The lowest BCUT2D eigenvalue weighted by molar-refractivity contribution is -0.271. The smallest absolute Gasteiger partial charge is 0.335 e. The molecule has 10 atom stereocenters. The Morgan fingerprint density at radius 1 is 1.12 bits per heavy atom. The van der Waals surface area contributed by atoms with Crippen molar-refractivity contribution in [3.8, 4) is 5.75 Å². The average Bonchev–Trinajstić information content (AvgIpc) is 3.02. The standard InChI is InChI=1S/C24H30O9/c1-24-7-6-13-12-5-3-11(32-23-19(28)17(26)18(27)20(33-23)22(30)31)8-10(12)2-4-14(13)15(24)9-16(25)21(24)29/h3,5,8,13-20,23,25-28H,2,4,6-7,9H2,1H3,(H,30,31)/t13-,14-,15+,16-,17+,18+,19-,20+,23?,24+/m1/s1. The van der Waals surface area contributed by atoms with Gasteiger partial charge in [0.1, 0.15) is 30.2 Å². The number of aliphatic carboxylic acids is 1. The minimum Gasteiger partial charge on any atom is -0.479 e. The fourth-order valence-electron chi connectivity index (χ4n) is 6.70. The minimum absolute atomic E-state index is 0.0153. The van der Waals surface area contributed by atoms with E-state index in [1.165, 1.54) is 5.56 Å². The summed E-state index contributed by atoms with van der Waals surface area (Å²) < 4.78 is 10.9. The number of rotatable bonds is 3. The third-order valence-electron chi connectivity index (χ3n) is 8.50. The molecule has 3 fully saturated rings. The summed E-state index contributed by atoms with van der Waals surface area (Å²) in [5, 5.41) is 49.5. The fourth-order valence-corrected chi connectivity index (χ4v) is 6.70. The normalized spacial score (nSPS) is 44.5. The molecule has 4 aliphatic rings. The monoisotopic (exact) mass is 462 g/mol. The minimum atomic E-state index is -1.77. The molecule has 0 aromatic heterocycles. The zero-order valence-corrected chi connectivity index (χ0v) is 18.3. The van der Waals surface area contributed by atoms with Gasteiger partial charge in [-0.3, -0.25) is 4.79 Å². The highest BCUT2D eigenvalue weighted by Crippen LogP contribution is 2.59. The Kier molecular flexibility index (Phi) is 5.53. The van der Waals surface area contributed by atoms with Crippen molar-refractivity contribution in [3.63, 3.8) is 0 Å². The zero-order valence-electron chi connectivity index (χ0n) is 18.3. The lowest BCUT2D eigenvalue weighted by Gasteiger charge is -2.48. The van der Waals surface area contributed by atoms with Gasteiger partial charge in [0.2, 0.25) is 6.29 Å². The van der Waals surface area contributed by atoms with Crippen molar-refractivity contribution in [2.24, 2.45) is 17.3 Å². The van der Waals surface area contributed by atoms with Crippen LogP contribution in [0.15, 0.2) is 18.2 Å². The van der Waals surface area contributed by atoms with Gasteiger partial charge < -0.3 is 35.0 Å². The Bertz CT molecular complexity index is 963. The summed E-state index contributed by atoms with van der Waals surface area (Å²) in [7, 11) is 0. The number of carbonyl (C=O) groups is 2. The van der Waals surface area contributed by atoms with Crippen molar-refractivity contribution >= 4 is 11.8 Å². The van der Waals surface area contributed by atoms with Crippen molar-refractivity contribution in [1.82, 2.24) is 0 Å². The molecule has 3 aliphatic carbocycles. The van der Waals surface area contributed by atoms with E-state index in [0.29, 0.717) is 24.0 Å². The number of ether oxygens (including phenoxy) is 2. The predicted octanol–water partition coefficient (Wildman–Crippen LogP) is 0.354. The van der Waals surface area contributed by atoms with Crippen molar-refractivity contribution in [2.45, 2.75) is 81.8 Å². The molecule has 1 aromatic carbocycles. The van der Waals surface area contributed by atoms with Crippen molar-refractivity contribution in [3.05, 3.63) is 29.3 Å². The molecule has 0 bridgehead atoms. The predicted molar refractivity (Wildman–Crippen MR) is 112 cm³/mol. The second kappa shape index (κ2) is 8.02. The van der Waals surface area contributed by atoms with Gasteiger partial charge in [-0.2, -0.15) is 0 Å². The molecule has 9 nitrogen and oxygen atoms in total. The van der Waals surface area contributed by atoms with E-state index in [2.05, 4.69) is 0 Å². The van der Waals surface area contributed by atoms with E-state index in [1.54, 1.807) is 6.07 Å². The number of aryl methyl sites for hydroxylation is 1. The van der Waals surface area contributed by atoms with Crippen LogP contribution in [0.2, 0.25) is 0 Å². The molecular formula is C24H30O9. The second-order valence-electron chi connectivity index (χ2n) is 10.2. The van der Waals surface area contributed by atoms with Crippen LogP contribution in [0.4, 0.5) is 0 Å². The largest absolute Gasteiger partial charge is 0.479 e. The fraction of sp³-hybridized carbons (Fsp3) is 0.667. The maximum Gasteiger partial charge on any atom is 0.335 e. The van der Waals surface area contributed by atoms with Gasteiger partial charge in [0.05, 0.1) is 0 Å². The molecule has 33 heavy (non-hydrogen) atoms. The van der Waals surface area contributed by atoms with Gasteiger partial charge >= 0.3 is 5.97 Å². The number of fused-ring (bicyclic) bond motifs is 5. The summed E-state index contributed by atoms with van der Waals surface area (Å²) in [4.78, 5) is 23.9. The van der Waals surface area contributed by atoms with Crippen molar-refractivity contribution in [2.75, 3.05) is 0 Å². The number of Topliss-reactive ketones (excluding diaryl/α,β-unsaturated/α-hetero) is 1. The summed E-state index contributed by atoms with van der Waals surface area (Å²) in [6, 6.07) is 5.54. The Morgan fingerprint density at radius 3 is 2.61 bits per heavy atom. The number of carboxylic acid groups (broad SMARTS) is 1. The van der Waals surface area contributed by atoms with Gasteiger partial charge in [0.25, 0.3) is 0 Å². The first-order valence-corrected chi connectivity index (χ1v) is 11.6. The molecule has 1 heterocycles. The highest BCUT2D eigenvalue weighted by atomic mass is 16.7. The van der Waals surface area contributed by atoms with Gasteiger partial charge in [-0.25, -0.2) is 4.79 Å². The van der Waals surface area contributed by atoms with Gasteiger partial charge in [-0.1, -0.05) is 13.0 Å². The first-order chi connectivity index (χ1) is 15.6. The van der Waals surface area contributed by atoms with E-state index in [9.17, 15) is 35.1 Å². The van der Waals surface area contributed by atoms with Crippen LogP contribution in [0, 0.1) is 17.3 Å². The summed E-state index contributed by atoms with van der Waals surface area (Å²) >= 11 is 0.